The zero-order valence-electron chi connectivity index (χ0n) is 60.8. The van der Waals surface area contributed by atoms with Crippen LogP contribution in [0.3, 0.4) is 0 Å². The Bertz CT molecular complexity index is 3790. The summed E-state index contributed by atoms with van der Waals surface area (Å²) in [6.45, 7) is -13.1. The quantitative estimate of drug-likeness (QED) is 0.0251. The van der Waals surface area contributed by atoms with Crippen LogP contribution in [0.25, 0.3) is 34.2 Å². The molecule has 8 bridgehead atoms. The molecule has 0 aromatic carbocycles. The molecule has 36 unspecified atom stereocenters. The zero-order valence-corrected chi connectivity index (χ0v) is 60.8. The van der Waals surface area contributed by atoms with Crippen LogP contribution in [-0.2, 0) is 69.7 Å². The minimum Gasteiger partial charge on any atom is -0.481 e. The van der Waals surface area contributed by atoms with Gasteiger partial charge >= 0.3 is 0 Å². The summed E-state index contributed by atoms with van der Waals surface area (Å²) in [5, 5.41) is 309. The number of aryl methyl sites for hydroxylation is 2. The van der Waals surface area contributed by atoms with E-state index in [1.165, 1.54) is 36.4 Å². The SMILES string of the molecule is OCC1OC(CO)(OC2OC(CO)C(Oc3c4nc(c(OC5C(CO)OC(OC6(CO)OC(CO)C(O)C6O)C(O)C5O)c5ccc([nH]5)c(OC5C(CO)OC(OC6(CO)OC(CO)C(O)C6O)C(O)C5O)c5nc(c(OC6C(CO)OC(OC7(CO)OC(CO)C(O)C7O)C(O)C6O)c6ccc3[nH]6)CC5)C=C4)C(O)C2O)C(O)C1O. The van der Waals surface area contributed by atoms with Gasteiger partial charge in [-0.3, -0.25) is 0 Å². The molecule has 0 spiro atoms. The molecule has 10 aliphatic heterocycles. The predicted molar refractivity (Wildman–Crippen MR) is 366 cm³/mol. The molecule has 48 heteroatoms. The summed E-state index contributed by atoms with van der Waals surface area (Å²) < 4.78 is 95.4. The Kier molecular flexibility index (Phi) is 27.0. The molecule has 116 heavy (non-hydrogen) atoms. The van der Waals surface area contributed by atoms with Crippen molar-refractivity contribution in [2.75, 3.05) is 79.3 Å². The molecule has 30 N–H and O–H groups in total. The van der Waals surface area contributed by atoms with Crippen molar-refractivity contribution in [1.29, 1.82) is 0 Å². The summed E-state index contributed by atoms with van der Waals surface area (Å²) in [7, 11) is 0. The Morgan fingerprint density at radius 3 is 0.733 bits per heavy atom. The van der Waals surface area contributed by atoms with Crippen molar-refractivity contribution in [1.82, 2.24) is 19.9 Å². The van der Waals surface area contributed by atoms with Gasteiger partial charge in [-0.25, -0.2) is 9.97 Å². The van der Waals surface area contributed by atoms with Gasteiger partial charge < -0.3 is 229 Å². The number of nitrogens with one attached hydrogen (secondary N) is 2. The number of aliphatic hydroxyl groups excluding tert-OH is 28. The first-order valence-electron chi connectivity index (χ1n) is 36.8. The molecule has 3 aromatic heterocycles. The predicted octanol–water partition coefficient (Wildman–Crippen LogP) is -15.7. The van der Waals surface area contributed by atoms with Gasteiger partial charge in [0.2, 0.25) is 23.1 Å². The minimum atomic E-state index is -2.64. The molecule has 13 heterocycles. The molecule has 8 fully saturated rings. The second-order valence-corrected chi connectivity index (χ2v) is 29.2. The van der Waals surface area contributed by atoms with Gasteiger partial charge in [-0.15, -0.1) is 0 Å². The monoisotopic (exact) mass is 1670 g/mol. The van der Waals surface area contributed by atoms with Crippen molar-refractivity contribution >= 4 is 34.2 Å². The van der Waals surface area contributed by atoms with E-state index in [-0.39, 0.29) is 57.7 Å². The second kappa shape index (κ2) is 35.5. The summed E-state index contributed by atoms with van der Waals surface area (Å²) in [5.41, 5.74) is -1.82. The van der Waals surface area contributed by atoms with Crippen molar-refractivity contribution in [3.63, 3.8) is 0 Å². The number of aromatic nitrogens is 4. The number of nitrogens with zero attached hydrogens (tertiary/aromatic N) is 2. The molecule has 0 saturated carbocycles. The van der Waals surface area contributed by atoms with Gasteiger partial charge in [0.15, 0.2) is 72.6 Å². The molecule has 652 valence electrons. The molecule has 10 aliphatic rings. The molecule has 36 atom stereocenters. The van der Waals surface area contributed by atoms with Crippen molar-refractivity contribution in [2.45, 2.75) is 232 Å². The average molecular weight is 1670 g/mol. The molecule has 0 amide bonds. The largest absolute Gasteiger partial charge is 0.481 e. The van der Waals surface area contributed by atoms with Gasteiger partial charge in [-0.2, -0.15) is 0 Å². The summed E-state index contributed by atoms with van der Waals surface area (Å²) in [6, 6.07) is 5.14. The van der Waals surface area contributed by atoms with Crippen LogP contribution < -0.4 is 18.9 Å². The van der Waals surface area contributed by atoms with Crippen LogP contribution in [0.4, 0.5) is 0 Å². The van der Waals surface area contributed by atoms with E-state index in [2.05, 4.69) is 9.97 Å². The summed E-state index contributed by atoms with van der Waals surface area (Å²) in [5.74, 6) is -12.3. The maximum Gasteiger partial charge on any atom is 0.224 e. The van der Waals surface area contributed by atoms with Crippen molar-refractivity contribution in [3.05, 3.63) is 47.0 Å². The highest BCUT2D eigenvalue weighted by Gasteiger charge is 2.64. The molecular weight excluding hydrogens is 1580 g/mol. The highest BCUT2D eigenvalue weighted by Crippen LogP contribution is 2.46. The van der Waals surface area contributed by atoms with Crippen LogP contribution in [0.1, 0.15) is 22.8 Å². The molecular formula is C68H96N4O44. The number of ether oxygens (including phenoxy) is 16. The van der Waals surface area contributed by atoms with Crippen molar-refractivity contribution < 1.29 is 219 Å². The topological polar surface area (TPSA) is 771 Å². The lowest BCUT2D eigenvalue weighted by Crippen LogP contribution is -2.64. The Morgan fingerprint density at radius 1 is 0.293 bits per heavy atom. The van der Waals surface area contributed by atoms with Gasteiger partial charge in [-0.1, -0.05) is 0 Å². The first kappa shape index (κ1) is 88.3. The third kappa shape index (κ3) is 15.7. The highest BCUT2D eigenvalue weighted by molar-refractivity contribution is 5.84. The Balaban J connectivity index is 0.970. The number of hydrogen-bond donors (Lipinski definition) is 30. The molecule has 3 aromatic rings. The van der Waals surface area contributed by atoms with E-state index in [0.29, 0.717) is 0 Å². The number of rotatable bonds is 28. The van der Waals surface area contributed by atoms with Crippen LogP contribution >= 0.6 is 0 Å². The normalized spacial score (nSPS) is 43.8. The molecule has 0 aliphatic carbocycles. The first-order chi connectivity index (χ1) is 55.4. The third-order valence-corrected chi connectivity index (χ3v) is 22.0. The van der Waals surface area contributed by atoms with E-state index in [1.54, 1.807) is 0 Å². The maximum absolute atomic E-state index is 12.2. The molecule has 48 nitrogen and oxygen atoms in total. The standard InChI is InChI=1S/C68H96N4O44/c73-9-29-37(85)57(97)65(17-81,109-29)113-61-45(93)41(89)53(33(13-77)101-61)105-49-21-1-2-22(69-21)50(106-54-34(14-78)102-62(46(94)42(54)90)114-66(18-82)58(98)38(86)30(10-74)110-66)24-5-6-26(71-24)52(108-56-36(16-80)104-64(48(96)44(56)92)116-68(20-84)60(100)40(88)32(12-76)112-68)28-8-7-27(72-28)51(25-4-3-23(49)70-25)107-55-35(15-79)103-63(47(95)43(55)91)115-67(19-83)59(99)39(87)31(11-75)111-67/h1-6,29-48,53-64,70-71,73-100H,7-20H2. The van der Waals surface area contributed by atoms with Crippen LogP contribution in [-0.4, -0.2) is 461 Å². The third-order valence-electron chi connectivity index (χ3n) is 22.0. The second-order valence-electron chi connectivity index (χ2n) is 29.2. The van der Waals surface area contributed by atoms with Crippen molar-refractivity contribution in [2.24, 2.45) is 0 Å². The van der Waals surface area contributed by atoms with E-state index in [1.807, 2.05) is 0 Å². The molecule has 0 radical (unpaired) electrons. The first-order valence-corrected chi connectivity index (χ1v) is 36.8. The zero-order chi connectivity index (χ0) is 83.7. The number of H-pyrrole nitrogens is 2. The van der Waals surface area contributed by atoms with Gasteiger partial charge in [-0.05, 0) is 49.3 Å². The lowest BCUT2D eigenvalue weighted by molar-refractivity contribution is -0.382. The van der Waals surface area contributed by atoms with E-state index in [4.69, 9.17) is 85.8 Å². The van der Waals surface area contributed by atoms with E-state index < -0.39 is 322 Å². The lowest BCUT2D eigenvalue weighted by Gasteiger charge is -2.44. The number of aliphatic hydroxyl groups is 28. The fourth-order valence-corrected chi connectivity index (χ4v) is 15.5. The van der Waals surface area contributed by atoms with Crippen LogP contribution in [0.15, 0.2) is 24.3 Å². The van der Waals surface area contributed by atoms with Crippen molar-refractivity contribution in [3.8, 4) is 23.0 Å². The Morgan fingerprint density at radius 2 is 0.517 bits per heavy atom. The molecule has 13 rings (SSSR count). The highest BCUT2D eigenvalue weighted by atomic mass is 16.8. The molecule has 8 saturated heterocycles. The van der Waals surface area contributed by atoms with Gasteiger partial charge in [0.25, 0.3) is 0 Å². The van der Waals surface area contributed by atoms with E-state index >= 15 is 0 Å². The van der Waals surface area contributed by atoms with E-state index in [9.17, 15) is 143 Å². The minimum absolute atomic E-state index is 0.158. The van der Waals surface area contributed by atoms with Crippen LogP contribution in [0, 0.1) is 0 Å². The smallest absolute Gasteiger partial charge is 0.224 e. The number of fused-ring (bicyclic) bond motifs is 8. The van der Waals surface area contributed by atoms with Gasteiger partial charge in [0.05, 0.1) is 86.3 Å². The Hall–Kier alpha value is -5.54. The lowest BCUT2D eigenvalue weighted by atomic mass is 9.98. The summed E-state index contributed by atoms with van der Waals surface area (Å²) >= 11 is 0. The van der Waals surface area contributed by atoms with Crippen LogP contribution in [0.2, 0.25) is 0 Å². The van der Waals surface area contributed by atoms with E-state index in [0.717, 1.165) is 0 Å². The number of aromatic amines is 2. The van der Waals surface area contributed by atoms with Gasteiger partial charge in [0.1, 0.15) is 184 Å². The maximum atomic E-state index is 12.2. The number of hydrogen-bond acceptors (Lipinski definition) is 46. The van der Waals surface area contributed by atoms with Gasteiger partial charge in [0, 0.05) is 0 Å². The summed E-state index contributed by atoms with van der Waals surface area (Å²) in [4.78, 5) is 15.9. The average Bonchev–Trinajstić information content (AvgIpc) is 1.62. The van der Waals surface area contributed by atoms with Crippen LogP contribution in [0.5, 0.6) is 23.0 Å². The Labute approximate surface area is 652 Å². The fourth-order valence-electron chi connectivity index (χ4n) is 15.5. The fraction of sp³-hybridized carbons (Fsp3) is 0.735. The summed E-state index contributed by atoms with van der Waals surface area (Å²) in [6.07, 6.45) is -62.4.